The highest BCUT2D eigenvalue weighted by Gasteiger charge is 2.42. The van der Waals surface area contributed by atoms with Crippen LogP contribution >= 0.6 is 0 Å². The zero-order chi connectivity index (χ0) is 81.2. The summed E-state index contributed by atoms with van der Waals surface area (Å²) in [7, 11) is 1.74. The SMILES string of the molecule is CC1(C)c2ccccc2-c2cc3c(-c4ccc5oc6ccccc6c5c4)cc4cc5c(cc(-c6ccc7oc8ccccc8c7c6)c6cc7c(cc65)C(C)(C)c5ccccc5-7)cc4c3cc21.COc1ccc(-c2cc3cc4c(cc(-c5ccc(C)cc5)c5c6c(ccc54)-c4ccccc4C6(C)C)cc3c3ccc4c(c23)C(C)(C)c2ccccc2-4)cc1. The number of aryl methyl sites for hydroxylation is 1. The molecular formula is C118H84O3. The molecule has 4 aliphatic rings. The van der Waals surface area contributed by atoms with E-state index in [1.54, 1.807) is 7.11 Å². The van der Waals surface area contributed by atoms with Gasteiger partial charge in [-0.1, -0.05) is 267 Å². The van der Waals surface area contributed by atoms with Crippen LogP contribution in [0.3, 0.4) is 0 Å². The van der Waals surface area contributed by atoms with Crippen LogP contribution in [0.15, 0.2) is 336 Å². The van der Waals surface area contributed by atoms with Crippen molar-refractivity contribution in [3.63, 3.8) is 0 Å². The van der Waals surface area contributed by atoms with Gasteiger partial charge in [0.1, 0.15) is 28.1 Å². The molecule has 0 aliphatic heterocycles. The summed E-state index contributed by atoms with van der Waals surface area (Å²) in [5.41, 5.74) is 36.1. The molecule has 0 spiro atoms. The molecule has 2 aromatic heterocycles. The van der Waals surface area contributed by atoms with Gasteiger partial charge in [-0.05, 0) is 348 Å². The Kier molecular flexibility index (Phi) is 14.3. The van der Waals surface area contributed by atoms with Gasteiger partial charge in [0.15, 0.2) is 0 Å². The Labute approximate surface area is 702 Å². The maximum absolute atomic E-state index is 6.35. The average Bonchev–Trinajstić information content (AvgIpc) is 1.61. The van der Waals surface area contributed by atoms with Gasteiger partial charge >= 0.3 is 0 Å². The summed E-state index contributed by atoms with van der Waals surface area (Å²) in [5, 5.41) is 25.1. The fraction of sp³-hybridized carbons (Fsp3) is 0.119. The maximum atomic E-state index is 6.35. The van der Waals surface area contributed by atoms with Crippen LogP contribution in [-0.4, -0.2) is 7.11 Å². The molecule has 3 heteroatoms. The molecule has 0 amide bonds. The highest BCUT2D eigenvalue weighted by molar-refractivity contribution is 6.27. The van der Waals surface area contributed by atoms with Gasteiger partial charge in [0.2, 0.25) is 0 Å². The summed E-state index contributed by atoms with van der Waals surface area (Å²) >= 11 is 0. The number of fused-ring (bicyclic) bond motifs is 32. The third-order valence-electron chi connectivity index (χ3n) is 28.9. The summed E-state index contributed by atoms with van der Waals surface area (Å²) in [6.07, 6.45) is 0. The van der Waals surface area contributed by atoms with Gasteiger partial charge in [-0.2, -0.15) is 0 Å². The Morgan fingerprint density at radius 2 is 0.545 bits per heavy atom. The molecule has 121 heavy (non-hydrogen) atoms. The topological polar surface area (TPSA) is 35.5 Å². The minimum atomic E-state index is -0.156. The lowest BCUT2D eigenvalue weighted by molar-refractivity contribution is 0.415. The van der Waals surface area contributed by atoms with E-state index in [1.165, 1.54) is 225 Å². The number of para-hydroxylation sites is 2. The molecule has 3 nitrogen and oxygen atoms in total. The van der Waals surface area contributed by atoms with Crippen LogP contribution in [0.2, 0.25) is 0 Å². The van der Waals surface area contributed by atoms with Crippen molar-refractivity contribution < 1.29 is 13.6 Å². The summed E-state index contributed by atoms with van der Waals surface area (Å²) in [4.78, 5) is 0. The molecule has 22 aromatic rings. The van der Waals surface area contributed by atoms with Crippen LogP contribution in [-0.2, 0) is 21.7 Å². The molecule has 0 fully saturated rings. The number of hydrogen-bond donors (Lipinski definition) is 0. The molecule has 26 rings (SSSR count). The number of benzene rings is 20. The number of furan rings is 2. The molecule has 0 N–H and O–H groups in total. The van der Waals surface area contributed by atoms with E-state index in [9.17, 15) is 0 Å². The molecule has 2 heterocycles. The number of rotatable bonds is 5. The number of methoxy groups -OCH3 is 1. The predicted molar refractivity (Wildman–Crippen MR) is 511 cm³/mol. The van der Waals surface area contributed by atoms with E-state index in [2.05, 4.69) is 378 Å². The molecule has 0 unspecified atom stereocenters. The van der Waals surface area contributed by atoms with Crippen molar-refractivity contribution >= 4 is 130 Å². The van der Waals surface area contributed by atoms with E-state index >= 15 is 0 Å². The van der Waals surface area contributed by atoms with E-state index in [0.29, 0.717) is 0 Å². The lowest BCUT2D eigenvalue weighted by Crippen LogP contribution is -2.16. The molecule has 574 valence electrons. The highest BCUT2D eigenvalue weighted by Crippen LogP contribution is 2.60. The van der Waals surface area contributed by atoms with E-state index in [0.717, 1.165) is 49.6 Å². The second-order valence-electron chi connectivity index (χ2n) is 36.9. The van der Waals surface area contributed by atoms with Gasteiger partial charge in [-0.15, -0.1) is 0 Å². The smallest absolute Gasteiger partial charge is 0.135 e. The number of hydrogen-bond acceptors (Lipinski definition) is 3. The largest absolute Gasteiger partial charge is 0.497 e. The molecule has 0 radical (unpaired) electrons. The lowest BCUT2D eigenvalue weighted by Gasteiger charge is -2.26. The average molecular weight is 1550 g/mol. The lowest BCUT2D eigenvalue weighted by atomic mass is 9.77. The third kappa shape index (κ3) is 9.78. The molecular weight excluding hydrogens is 1470 g/mol. The first-order valence-electron chi connectivity index (χ1n) is 42.8. The summed E-state index contributed by atoms with van der Waals surface area (Å²) in [5.74, 6) is 0.867. The van der Waals surface area contributed by atoms with Gasteiger partial charge in [-0.25, -0.2) is 0 Å². The van der Waals surface area contributed by atoms with Gasteiger partial charge in [0.05, 0.1) is 7.11 Å². The van der Waals surface area contributed by atoms with Gasteiger partial charge in [0.25, 0.3) is 0 Å². The molecule has 0 saturated heterocycles. The Hall–Kier alpha value is -14.1. The zero-order valence-corrected chi connectivity index (χ0v) is 69.4. The molecule has 0 atom stereocenters. The van der Waals surface area contributed by atoms with Crippen LogP contribution in [0.4, 0.5) is 0 Å². The van der Waals surface area contributed by atoms with Crippen molar-refractivity contribution in [2.75, 3.05) is 7.11 Å². The first kappa shape index (κ1) is 69.9. The Morgan fingerprint density at radius 1 is 0.207 bits per heavy atom. The monoisotopic (exact) mass is 1550 g/mol. The number of ether oxygens (including phenoxy) is 1. The van der Waals surface area contributed by atoms with Crippen molar-refractivity contribution in [1.82, 2.24) is 0 Å². The van der Waals surface area contributed by atoms with Crippen molar-refractivity contribution in [1.29, 1.82) is 0 Å². The first-order chi connectivity index (χ1) is 58.8. The predicted octanol–water partition coefficient (Wildman–Crippen LogP) is 32.6. The Balaban J connectivity index is 0.000000136. The van der Waals surface area contributed by atoms with Crippen LogP contribution in [0, 0.1) is 6.92 Å². The molecule has 20 aromatic carbocycles. The van der Waals surface area contributed by atoms with Crippen LogP contribution < -0.4 is 4.74 Å². The molecule has 4 aliphatic carbocycles. The molecule has 0 saturated carbocycles. The van der Waals surface area contributed by atoms with Crippen LogP contribution in [0.25, 0.3) is 219 Å². The van der Waals surface area contributed by atoms with E-state index in [-0.39, 0.29) is 21.7 Å². The van der Waals surface area contributed by atoms with E-state index in [4.69, 9.17) is 13.6 Å². The van der Waals surface area contributed by atoms with Gasteiger partial charge in [-0.3, -0.25) is 0 Å². The fourth-order valence-electron chi connectivity index (χ4n) is 23.0. The van der Waals surface area contributed by atoms with E-state index in [1.807, 2.05) is 12.1 Å². The van der Waals surface area contributed by atoms with Gasteiger partial charge < -0.3 is 13.6 Å². The fourth-order valence-corrected chi connectivity index (χ4v) is 23.0. The second-order valence-corrected chi connectivity index (χ2v) is 36.9. The van der Waals surface area contributed by atoms with Crippen molar-refractivity contribution in [3.05, 3.63) is 378 Å². The van der Waals surface area contributed by atoms with Crippen LogP contribution in [0.5, 0.6) is 5.75 Å². The Morgan fingerprint density at radius 3 is 0.959 bits per heavy atom. The minimum absolute atomic E-state index is 0.141. The van der Waals surface area contributed by atoms with Crippen molar-refractivity contribution in [2.45, 2.75) is 84.0 Å². The summed E-state index contributed by atoms with van der Waals surface area (Å²) < 4.78 is 18.3. The quantitative estimate of drug-likeness (QED) is 0.127. The first-order valence-corrected chi connectivity index (χ1v) is 42.8. The zero-order valence-electron chi connectivity index (χ0n) is 69.4. The minimum Gasteiger partial charge on any atom is -0.497 e. The summed E-state index contributed by atoms with van der Waals surface area (Å²) in [6, 6.07) is 123. The van der Waals surface area contributed by atoms with Crippen molar-refractivity contribution in [2.24, 2.45) is 0 Å². The molecule has 0 bridgehead atoms. The van der Waals surface area contributed by atoms with Gasteiger partial charge in [0, 0.05) is 43.2 Å². The summed E-state index contributed by atoms with van der Waals surface area (Å²) in [6.45, 7) is 21.3. The normalized spacial score (nSPS) is 14.6. The third-order valence-corrected chi connectivity index (χ3v) is 28.9. The van der Waals surface area contributed by atoms with E-state index < -0.39 is 0 Å². The highest BCUT2D eigenvalue weighted by atomic mass is 16.5. The Bertz CT molecular complexity index is 8140. The second kappa shape index (κ2) is 24.8. The van der Waals surface area contributed by atoms with Crippen LogP contribution in [0.1, 0.15) is 105 Å². The standard InChI is InChI=1S/C64H42O2.C54H42O/c1-63(2)55-17-9-5-13-39(55)51-31-47-43(35-21-23-61-53(25-35)41-15-7-11-19-59(41)65-61)27-37-30-46-38(29-45(37)49(47)33-57(51)63)28-44(36-22-24-62-54(26-36)42-16-8-12-20-60(42)66-62)48-32-52-40-14-6-10-18-56(40)64(3,4)58(52)34-50(46)48;1-31-15-17-32(18-16-31)45-29-34-27-44-35(28-43(34)39-23-25-41-37-11-7-9-13-47(37)53(2,3)51(41)49(39)45)30-46(33-19-21-36(55-6)22-20-33)50-40(44)24-26-42-38-12-8-10-14-48(38)54(4,5)52(42)50/h5-34H,1-4H3;7-30H,1-6H3. The van der Waals surface area contributed by atoms with Crippen molar-refractivity contribution in [3.8, 4) is 94.8 Å². The maximum Gasteiger partial charge on any atom is 0.135 e.